The van der Waals surface area contributed by atoms with Crippen LogP contribution >= 0.6 is 0 Å². The quantitative estimate of drug-likeness (QED) is 0.802. The number of anilines is 1. The lowest BCUT2D eigenvalue weighted by Gasteiger charge is -2.23. The predicted molar refractivity (Wildman–Crippen MR) is 82.7 cm³/mol. The molecule has 5 heteroatoms. The summed E-state index contributed by atoms with van der Waals surface area (Å²) in [4.78, 5) is 26.2. The van der Waals surface area contributed by atoms with Crippen molar-refractivity contribution in [1.82, 2.24) is 10.2 Å². The molecule has 2 amide bonds. The van der Waals surface area contributed by atoms with E-state index in [9.17, 15) is 9.59 Å². The zero-order valence-corrected chi connectivity index (χ0v) is 12.8. The number of hydrogen-bond donors (Lipinski definition) is 2. The molecule has 1 atom stereocenters. The smallest absolute Gasteiger partial charge is 0.244 e. The summed E-state index contributed by atoms with van der Waals surface area (Å²) in [5.74, 6) is -0.142. The summed E-state index contributed by atoms with van der Waals surface area (Å²) >= 11 is 0. The minimum absolute atomic E-state index is 0.0704. The third-order valence-electron chi connectivity index (χ3n) is 4.22. The van der Waals surface area contributed by atoms with Gasteiger partial charge < -0.3 is 16.0 Å². The van der Waals surface area contributed by atoms with Crippen molar-refractivity contribution in [1.29, 1.82) is 0 Å². The van der Waals surface area contributed by atoms with Gasteiger partial charge in [0.05, 0.1) is 5.41 Å². The molecule has 0 spiro atoms. The molecule has 0 radical (unpaired) electrons. The van der Waals surface area contributed by atoms with Gasteiger partial charge in [0.2, 0.25) is 11.8 Å². The molecule has 2 rings (SSSR count). The van der Waals surface area contributed by atoms with Crippen LogP contribution in [0.5, 0.6) is 0 Å². The molecule has 0 bridgehead atoms. The summed E-state index contributed by atoms with van der Waals surface area (Å²) in [6.45, 7) is 4.26. The molecule has 5 nitrogen and oxygen atoms in total. The van der Waals surface area contributed by atoms with Gasteiger partial charge in [-0.25, -0.2) is 0 Å². The number of amides is 2. The first kappa shape index (κ1) is 15.4. The van der Waals surface area contributed by atoms with Crippen molar-refractivity contribution in [2.24, 2.45) is 0 Å². The molecule has 1 aliphatic rings. The van der Waals surface area contributed by atoms with Crippen LogP contribution in [0.25, 0.3) is 0 Å². The first-order valence-electron chi connectivity index (χ1n) is 7.32. The summed E-state index contributed by atoms with van der Waals surface area (Å²) in [5.41, 5.74) is 6.86. The van der Waals surface area contributed by atoms with Crippen LogP contribution in [-0.4, -0.2) is 36.3 Å². The maximum atomic E-state index is 12.5. The Labute approximate surface area is 125 Å². The number of nitrogen functional groups attached to an aromatic ring is 1. The van der Waals surface area contributed by atoms with Crippen LogP contribution in [0.4, 0.5) is 5.69 Å². The lowest BCUT2D eigenvalue weighted by Crippen LogP contribution is -2.48. The van der Waals surface area contributed by atoms with Crippen LogP contribution in [0.2, 0.25) is 0 Å². The predicted octanol–water partition coefficient (Wildman–Crippen LogP) is 1.28. The molecule has 1 aliphatic carbocycles. The Hall–Kier alpha value is -2.04. The van der Waals surface area contributed by atoms with Gasteiger partial charge in [0.25, 0.3) is 0 Å². The van der Waals surface area contributed by atoms with Gasteiger partial charge in [-0.05, 0) is 44.4 Å². The van der Waals surface area contributed by atoms with Gasteiger partial charge >= 0.3 is 0 Å². The van der Waals surface area contributed by atoms with Crippen LogP contribution in [0.15, 0.2) is 24.3 Å². The molecule has 1 aromatic rings. The van der Waals surface area contributed by atoms with Crippen LogP contribution in [0, 0.1) is 0 Å². The number of nitrogens with two attached hydrogens (primary N) is 1. The van der Waals surface area contributed by atoms with Gasteiger partial charge in [-0.3, -0.25) is 9.59 Å². The lowest BCUT2D eigenvalue weighted by atomic mass is 9.94. The van der Waals surface area contributed by atoms with Crippen molar-refractivity contribution in [3.8, 4) is 0 Å². The molecule has 1 fully saturated rings. The highest BCUT2D eigenvalue weighted by Gasteiger charge is 2.51. The van der Waals surface area contributed by atoms with E-state index >= 15 is 0 Å². The first-order chi connectivity index (χ1) is 9.90. The fraction of sp³-hybridized carbons (Fsp3) is 0.500. The van der Waals surface area contributed by atoms with Crippen molar-refractivity contribution in [3.05, 3.63) is 29.8 Å². The maximum absolute atomic E-state index is 12.5. The van der Waals surface area contributed by atoms with Crippen molar-refractivity contribution < 1.29 is 9.59 Å². The minimum atomic E-state index is -0.506. The Bertz CT molecular complexity index is 535. The number of carbonyl (C=O) groups is 2. The average Bonchev–Trinajstić information content (AvgIpc) is 3.28. The standard InChI is InChI=1S/C16H23N3O2/c1-4-19(3)14(20)11(2)18-15(21)16(9-10-16)12-5-7-13(17)8-6-12/h5-8,11H,4,9-10,17H2,1-3H3,(H,18,21). The number of rotatable bonds is 5. The molecule has 1 aromatic carbocycles. The van der Waals surface area contributed by atoms with Crippen LogP contribution in [-0.2, 0) is 15.0 Å². The first-order valence-corrected chi connectivity index (χ1v) is 7.32. The Balaban J connectivity index is 2.06. The van der Waals surface area contributed by atoms with E-state index < -0.39 is 11.5 Å². The lowest BCUT2D eigenvalue weighted by molar-refractivity contribution is -0.135. The summed E-state index contributed by atoms with van der Waals surface area (Å²) in [7, 11) is 1.73. The highest BCUT2D eigenvalue weighted by Crippen LogP contribution is 2.48. The number of nitrogens with zero attached hydrogens (tertiary/aromatic N) is 1. The molecule has 114 valence electrons. The molecule has 0 aromatic heterocycles. The van der Waals surface area contributed by atoms with Crippen LogP contribution < -0.4 is 11.1 Å². The van der Waals surface area contributed by atoms with Gasteiger partial charge in [-0.15, -0.1) is 0 Å². The molecule has 3 N–H and O–H groups in total. The third kappa shape index (κ3) is 3.01. The summed E-state index contributed by atoms with van der Waals surface area (Å²) in [5, 5.41) is 2.85. The van der Waals surface area contributed by atoms with E-state index in [1.54, 1.807) is 18.9 Å². The van der Waals surface area contributed by atoms with Gasteiger partial charge in [-0.2, -0.15) is 0 Å². The van der Waals surface area contributed by atoms with E-state index in [1.165, 1.54) is 0 Å². The van der Waals surface area contributed by atoms with Crippen molar-refractivity contribution in [2.45, 2.75) is 38.1 Å². The maximum Gasteiger partial charge on any atom is 0.244 e. The van der Waals surface area contributed by atoms with Crippen molar-refractivity contribution in [2.75, 3.05) is 19.3 Å². The van der Waals surface area contributed by atoms with E-state index in [-0.39, 0.29) is 11.8 Å². The number of carbonyl (C=O) groups excluding carboxylic acids is 2. The third-order valence-corrected chi connectivity index (χ3v) is 4.22. The number of hydrogen-bond acceptors (Lipinski definition) is 3. The monoisotopic (exact) mass is 289 g/mol. The molecule has 1 saturated carbocycles. The Kier molecular flexibility index (Phi) is 4.21. The molecular formula is C16H23N3O2. The van der Waals surface area contributed by atoms with Gasteiger partial charge in [0, 0.05) is 19.3 Å². The number of benzene rings is 1. The van der Waals surface area contributed by atoms with E-state index in [0.29, 0.717) is 12.2 Å². The number of likely N-dealkylation sites (N-methyl/N-ethyl adjacent to an activating group) is 1. The Morgan fingerprint density at radius 2 is 1.90 bits per heavy atom. The molecule has 21 heavy (non-hydrogen) atoms. The Morgan fingerprint density at radius 1 is 1.33 bits per heavy atom. The van der Waals surface area contributed by atoms with Gasteiger partial charge in [-0.1, -0.05) is 12.1 Å². The SMILES string of the molecule is CCN(C)C(=O)C(C)NC(=O)C1(c2ccc(N)cc2)CC1. The minimum Gasteiger partial charge on any atom is -0.399 e. The molecule has 1 unspecified atom stereocenters. The van der Waals surface area contributed by atoms with Crippen LogP contribution in [0.3, 0.4) is 0 Å². The Morgan fingerprint density at radius 3 is 2.38 bits per heavy atom. The zero-order valence-electron chi connectivity index (χ0n) is 12.8. The van der Waals surface area contributed by atoms with Crippen molar-refractivity contribution >= 4 is 17.5 Å². The fourth-order valence-corrected chi connectivity index (χ4v) is 2.46. The van der Waals surface area contributed by atoms with Crippen LogP contribution in [0.1, 0.15) is 32.3 Å². The highest BCUT2D eigenvalue weighted by atomic mass is 16.2. The van der Waals surface area contributed by atoms with E-state index in [4.69, 9.17) is 5.73 Å². The fourth-order valence-electron chi connectivity index (χ4n) is 2.46. The normalized spacial score (nSPS) is 16.9. The van der Waals surface area contributed by atoms with E-state index in [0.717, 1.165) is 18.4 Å². The second-order valence-corrected chi connectivity index (χ2v) is 5.75. The van der Waals surface area contributed by atoms with E-state index in [1.807, 2.05) is 31.2 Å². The summed E-state index contributed by atoms with van der Waals surface area (Å²) in [6, 6.07) is 6.90. The molecule has 0 heterocycles. The van der Waals surface area contributed by atoms with E-state index in [2.05, 4.69) is 5.32 Å². The largest absolute Gasteiger partial charge is 0.399 e. The molecule has 0 aliphatic heterocycles. The van der Waals surface area contributed by atoms with Gasteiger partial charge in [0.15, 0.2) is 0 Å². The zero-order chi connectivity index (χ0) is 15.6. The molecular weight excluding hydrogens is 266 g/mol. The number of nitrogens with one attached hydrogen (secondary N) is 1. The van der Waals surface area contributed by atoms with Gasteiger partial charge in [0.1, 0.15) is 6.04 Å². The summed E-state index contributed by atoms with van der Waals surface area (Å²) in [6.07, 6.45) is 1.63. The highest BCUT2D eigenvalue weighted by molar-refractivity contribution is 5.95. The topological polar surface area (TPSA) is 75.4 Å². The van der Waals surface area contributed by atoms with Crippen molar-refractivity contribution in [3.63, 3.8) is 0 Å². The average molecular weight is 289 g/mol. The second kappa shape index (κ2) is 5.76. The summed E-state index contributed by atoms with van der Waals surface area (Å²) < 4.78 is 0. The second-order valence-electron chi connectivity index (χ2n) is 5.75. The molecule has 0 saturated heterocycles.